The number of H-pyrrole nitrogens is 1. The second-order valence-electron chi connectivity index (χ2n) is 16.0. The van der Waals surface area contributed by atoms with Crippen LogP contribution in [-0.4, -0.2) is 109 Å². The van der Waals surface area contributed by atoms with Crippen molar-refractivity contribution >= 4 is 34.4 Å². The van der Waals surface area contributed by atoms with Crippen LogP contribution in [-0.2, 0) is 32.7 Å². The van der Waals surface area contributed by atoms with Crippen LogP contribution in [0.25, 0.3) is 10.9 Å². The Labute approximate surface area is 333 Å². The second kappa shape index (κ2) is 13.3. The summed E-state index contributed by atoms with van der Waals surface area (Å²) in [4.78, 5) is 35.8. The van der Waals surface area contributed by atoms with Crippen LogP contribution in [0.1, 0.15) is 68.9 Å². The molecule has 1 fully saturated rings. The van der Waals surface area contributed by atoms with Crippen LogP contribution in [0.3, 0.4) is 0 Å². The largest absolute Gasteiger partial charge is 0.504 e. The average molecular weight is 799 g/mol. The molecule has 300 valence electrons. The number of Topliss-reactive ketones (excluding diaryl/α,β-unsaturated/α-hetero) is 1. The lowest BCUT2D eigenvalue weighted by atomic mass is 9.73. The summed E-state index contributed by atoms with van der Waals surface area (Å²) in [6.07, 6.45) is 0.195. The van der Waals surface area contributed by atoms with Crippen LogP contribution >= 0.6 is 11.8 Å². The molecular weight excluding hydrogens is 753 g/mol. The van der Waals surface area contributed by atoms with Crippen LogP contribution in [0, 0.1) is 13.8 Å². The number of phenolic OH excluding ortho intramolecular Hbond substituents is 1. The van der Waals surface area contributed by atoms with E-state index in [1.807, 2.05) is 39.1 Å². The predicted octanol–water partition coefficient (Wildman–Crippen LogP) is 4.23. The number of nitrogens with one attached hydrogen (secondary N) is 2. The predicted molar refractivity (Wildman–Crippen MR) is 210 cm³/mol. The van der Waals surface area contributed by atoms with Gasteiger partial charge >= 0.3 is 5.97 Å². The number of aliphatic hydroxyl groups is 1. The highest BCUT2D eigenvalue weighted by Gasteiger charge is 2.61. The summed E-state index contributed by atoms with van der Waals surface area (Å²) in [6.45, 7) is 5.47. The van der Waals surface area contributed by atoms with Crippen molar-refractivity contribution in [2.45, 2.75) is 74.8 Å². The van der Waals surface area contributed by atoms with E-state index in [0.717, 1.165) is 44.4 Å². The van der Waals surface area contributed by atoms with Gasteiger partial charge in [-0.05, 0) is 62.6 Å². The summed E-state index contributed by atoms with van der Waals surface area (Å²) in [5, 5.41) is 28.9. The number of methoxy groups -OCH3 is 2. The number of benzene rings is 3. The molecule has 15 heteroatoms. The zero-order valence-electron chi connectivity index (χ0n) is 32.7. The highest BCUT2D eigenvalue weighted by molar-refractivity contribution is 7.99. The summed E-state index contributed by atoms with van der Waals surface area (Å²) in [7, 11) is 5.17. The van der Waals surface area contributed by atoms with E-state index in [0.29, 0.717) is 59.3 Å². The zero-order valence-corrected chi connectivity index (χ0v) is 33.5. The minimum atomic E-state index is -1.19. The van der Waals surface area contributed by atoms with Gasteiger partial charge in [-0.3, -0.25) is 24.7 Å². The smallest absolute Gasteiger partial charge is 0.308 e. The van der Waals surface area contributed by atoms with Gasteiger partial charge in [0.05, 0.1) is 44.2 Å². The number of likely N-dealkylation sites (N-methyl/N-ethyl adjacent to an activating group) is 1. The quantitative estimate of drug-likeness (QED) is 0.172. The summed E-state index contributed by atoms with van der Waals surface area (Å²) >= 11 is 1.56. The van der Waals surface area contributed by atoms with Gasteiger partial charge in [0.25, 0.3) is 0 Å². The number of carbonyl (C=O) groups excluding carboxylic acids is 2. The molecule has 6 aliphatic heterocycles. The van der Waals surface area contributed by atoms with Gasteiger partial charge in [0.2, 0.25) is 6.79 Å². The molecular formula is C42H46N4O10S. The van der Waals surface area contributed by atoms with Gasteiger partial charge in [0, 0.05) is 70.2 Å². The molecule has 4 aromatic rings. The Morgan fingerprint density at radius 2 is 1.88 bits per heavy atom. The van der Waals surface area contributed by atoms with Crippen LogP contribution in [0.4, 0.5) is 0 Å². The fourth-order valence-electron chi connectivity index (χ4n) is 10.8. The summed E-state index contributed by atoms with van der Waals surface area (Å²) in [5.74, 6) is 2.14. The maximum absolute atomic E-state index is 14.9. The summed E-state index contributed by atoms with van der Waals surface area (Å²) < 4.78 is 36.4. The van der Waals surface area contributed by atoms with E-state index < -0.39 is 41.1 Å². The van der Waals surface area contributed by atoms with Gasteiger partial charge in [-0.2, -0.15) is 0 Å². The van der Waals surface area contributed by atoms with Gasteiger partial charge in [-0.15, -0.1) is 11.8 Å². The van der Waals surface area contributed by atoms with Crippen molar-refractivity contribution in [3.8, 4) is 34.5 Å². The molecule has 1 aromatic heterocycles. The number of piperazine rings is 1. The topological polar surface area (TPSA) is 164 Å². The molecule has 0 amide bonds. The van der Waals surface area contributed by atoms with Gasteiger partial charge in [-0.1, -0.05) is 6.07 Å². The molecule has 7 atom stereocenters. The lowest BCUT2D eigenvalue weighted by Crippen LogP contribution is -2.69. The molecule has 3 aromatic carbocycles. The number of hydrogen-bond donors (Lipinski definition) is 4. The van der Waals surface area contributed by atoms with Crippen molar-refractivity contribution in [3.63, 3.8) is 0 Å². The van der Waals surface area contributed by atoms with Crippen LogP contribution in [0.2, 0.25) is 0 Å². The highest BCUT2D eigenvalue weighted by Crippen LogP contribution is 2.64. The number of aliphatic hydroxyl groups excluding tert-OH is 1. The Morgan fingerprint density at radius 3 is 2.65 bits per heavy atom. The number of phenols is 1. The Kier molecular flexibility index (Phi) is 8.56. The maximum Gasteiger partial charge on any atom is 0.308 e. The number of aromatic amines is 1. The van der Waals surface area contributed by atoms with Gasteiger partial charge in [0.1, 0.15) is 29.9 Å². The fraction of sp³-hybridized carbons (Fsp3) is 0.476. The molecule has 1 unspecified atom stereocenters. The summed E-state index contributed by atoms with van der Waals surface area (Å²) in [6, 6.07) is 5.95. The number of carbonyl (C=O) groups is 2. The number of nitrogens with zero attached hydrogens (tertiary/aromatic N) is 2. The van der Waals surface area contributed by atoms with Gasteiger partial charge in [-0.25, -0.2) is 0 Å². The first kappa shape index (κ1) is 36.8. The lowest BCUT2D eigenvalue weighted by molar-refractivity contribution is -0.181. The molecule has 0 saturated carbocycles. The number of fused-ring (bicyclic) bond motifs is 13. The van der Waals surface area contributed by atoms with Crippen molar-refractivity contribution in [1.82, 2.24) is 20.1 Å². The third kappa shape index (κ3) is 5.08. The van der Waals surface area contributed by atoms with Crippen LogP contribution in [0.15, 0.2) is 24.3 Å². The van der Waals surface area contributed by atoms with E-state index in [1.165, 1.54) is 6.92 Å². The van der Waals surface area contributed by atoms with Gasteiger partial charge < -0.3 is 43.6 Å². The van der Waals surface area contributed by atoms with Crippen molar-refractivity contribution < 1.29 is 48.2 Å². The number of ketones is 1. The summed E-state index contributed by atoms with van der Waals surface area (Å²) in [5.41, 5.74) is 6.02. The van der Waals surface area contributed by atoms with Crippen molar-refractivity contribution in [2.24, 2.45) is 0 Å². The second-order valence-corrected chi connectivity index (χ2v) is 17.1. The van der Waals surface area contributed by atoms with E-state index in [9.17, 15) is 19.8 Å². The SMILES string of the molecule is COc1ccc2c3c([nH]c2c1)[C@@]1(CS[C@@H]2c4c(OC(C)=O)c(C)c5c(c4[C@@H](COCC1=O)N1C2[C@@H]2c4c(cc(C)c(OC)c4O)C[C@@H]([C@@H]1O)N2C)OCO5)NCC3. The number of hydrogen-bond acceptors (Lipinski definition) is 14. The third-order valence-corrected chi connectivity index (χ3v) is 14.7. The van der Waals surface area contributed by atoms with Crippen LogP contribution in [0.5, 0.6) is 34.5 Å². The Morgan fingerprint density at radius 1 is 1.07 bits per heavy atom. The first-order valence-electron chi connectivity index (χ1n) is 19.4. The molecule has 0 radical (unpaired) electrons. The number of esters is 1. The molecule has 4 bridgehead atoms. The Balaban J connectivity index is 1.24. The normalized spacial score (nSPS) is 29.0. The number of ether oxygens (including phenoxy) is 6. The van der Waals surface area contributed by atoms with Crippen molar-refractivity contribution in [3.05, 3.63) is 68.9 Å². The minimum absolute atomic E-state index is 0.00804. The Bertz CT molecular complexity index is 2380. The minimum Gasteiger partial charge on any atom is -0.504 e. The third-order valence-electron chi connectivity index (χ3n) is 13.2. The first-order chi connectivity index (χ1) is 27.5. The lowest BCUT2D eigenvalue weighted by Gasteiger charge is -2.61. The van der Waals surface area contributed by atoms with E-state index in [1.54, 1.807) is 26.0 Å². The Hall–Kier alpha value is -4.51. The number of rotatable bonds is 3. The first-order valence-corrected chi connectivity index (χ1v) is 20.4. The molecule has 14 nitrogen and oxygen atoms in total. The molecule has 7 heterocycles. The fourth-order valence-corrected chi connectivity index (χ4v) is 12.5. The average Bonchev–Trinajstić information content (AvgIpc) is 3.82. The standard InChI is InChI=1S/C42H46N4O10S/c1-18-11-21-12-26-41(50)46-27-14-53-15-28(48)42(40-24(9-10-43-42)23-8-7-22(51-5)13-25(23)44-40)16-57-39(33(46)32(45(26)4)29(21)34(49)35(18)52-6)31-30(27)38-37(54-17-55-38)19(2)36(31)56-20(3)47/h7-8,11,13,26-27,32-33,39,41,43-44,49-50H,9-10,12,14-17H2,1-6H3/t26-,27+,32-,33?,39+,41-,42-/m0/s1. The van der Waals surface area contributed by atoms with E-state index >= 15 is 0 Å². The number of aromatic nitrogens is 1. The monoisotopic (exact) mass is 798 g/mol. The molecule has 10 rings (SSSR count). The molecule has 4 N–H and O–H groups in total. The zero-order chi connectivity index (χ0) is 39.7. The van der Waals surface area contributed by atoms with E-state index in [-0.39, 0.29) is 43.3 Å². The number of aromatic hydroxyl groups is 1. The maximum atomic E-state index is 14.9. The van der Waals surface area contributed by atoms with Crippen LogP contribution < -0.4 is 29.0 Å². The highest BCUT2D eigenvalue weighted by atomic mass is 32.2. The molecule has 57 heavy (non-hydrogen) atoms. The number of aryl methyl sites for hydroxylation is 1. The molecule has 1 saturated heterocycles. The van der Waals surface area contributed by atoms with E-state index in [4.69, 9.17) is 28.4 Å². The molecule has 6 aliphatic rings. The molecule has 0 aliphatic carbocycles. The van der Waals surface area contributed by atoms with Crippen molar-refractivity contribution in [2.75, 3.05) is 53.6 Å². The van der Waals surface area contributed by atoms with Crippen molar-refractivity contribution in [1.29, 1.82) is 0 Å². The van der Waals surface area contributed by atoms with Gasteiger partial charge in [0.15, 0.2) is 28.8 Å². The van der Waals surface area contributed by atoms with E-state index in [2.05, 4.69) is 26.2 Å². The molecule has 1 spiro atoms. The number of thioether (sulfide) groups is 1.